The van der Waals surface area contributed by atoms with E-state index in [2.05, 4.69) is 81.1 Å². The third-order valence-corrected chi connectivity index (χ3v) is 4.66. The van der Waals surface area contributed by atoms with Crippen LogP contribution in [-0.2, 0) is 0 Å². The van der Waals surface area contributed by atoms with E-state index in [-0.39, 0.29) is 0 Å². The van der Waals surface area contributed by atoms with E-state index < -0.39 is 0 Å². The van der Waals surface area contributed by atoms with Crippen LogP contribution in [0.4, 0.5) is 0 Å². The molecule has 0 bridgehead atoms. The van der Waals surface area contributed by atoms with Crippen molar-refractivity contribution in [1.82, 2.24) is 10.2 Å². The molecular formula is C17H30N2S. The first-order chi connectivity index (χ1) is 9.54. The fourth-order valence-corrected chi connectivity index (χ4v) is 3.43. The molecule has 3 heteroatoms. The molecule has 0 aliphatic heterocycles. The van der Waals surface area contributed by atoms with Gasteiger partial charge in [-0.3, -0.25) is 0 Å². The van der Waals surface area contributed by atoms with Crippen LogP contribution in [0.3, 0.4) is 0 Å². The lowest BCUT2D eigenvalue weighted by atomic mass is 10.0. The van der Waals surface area contributed by atoms with Crippen LogP contribution in [-0.4, -0.2) is 43.1 Å². The number of hydrogen-bond donors (Lipinski definition) is 1. The van der Waals surface area contributed by atoms with Gasteiger partial charge in [-0.15, -0.1) is 0 Å². The Balaban J connectivity index is 2.64. The third kappa shape index (κ3) is 6.29. The second kappa shape index (κ2) is 9.43. The molecule has 1 aromatic rings. The summed E-state index contributed by atoms with van der Waals surface area (Å²) in [7, 11) is 4.27. The molecule has 0 heterocycles. The van der Waals surface area contributed by atoms with Crippen LogP contribution < -0.4 is 5.32 Å². The van der Waals surface area contributed by atoms with Crippen LogP contribution in [0.25, 0.3) is 0 Å². The second-order valence-electron chi connectivity index (χ2n) is 5.72. The average Bonchev–Trinajstić information content (AvgIpc) is 2.40. The van der Waals surface area contributed by atoms with Gasteiger partial charge in [0.1, 0.15) is 0 Å². The number of rotatable bonds is 9. The molecule has 114 valence electrons. The smallest absolute Gasteiger partial charge is 0.0437 e. The van der Waals surface area contributed by atoms with Gasteiger partial charge in [0, 0.05) is 23.6 Å². The minimum atomic E-state index is 0.447. The van der Waals surface area contributed by atoms with Gasteiger partial charge in [0.15, 0.2) is 0 Å². The van der Waals surface area contributed by atoms with E-state index in [1.807, 2.05) is 0 Å². The summed E-state index contributed by atoms with van der Waals surface area (Å²) in [5.41, 5.74) is 2.74. The molecule has 1 N–H and O–H groups in total. The molecular weight excluding hydrogens is 264 g/mol. The van der Waals surface area contributed by atoms with E-state index in [9.17, 15) is 0 Å². The number of hydrogen-bond acceptors (Lipinski definition) is 3. The molecule has 0 saturated heterocycles. The van der Waals surface area contributed by atoms with Crippen molar-refractivity contribution in [1.29, 1.82) is 0 Å². The van der Waals surface area contributed by atoms with Crippen molar-refractivity contribution < 1.29 is 0 Å². The van der Waals surface area contributed by atoms with Gasteiger partial charge in [-0.2, -0.15) is 11.8 Å². The van der Waals surface area contributed by atoms with E-state index in [0.29, 0.717) is 11.3 Å². The molecule has 0 saturated carbocycles. The molecule has 0 aliphatic carbocycles. The van der Waals surface area contributed by atoms with Crippen molar-refractivity contribution in [2.75, 3.05) is 32.9 Å². The summed E-state index contributed by atoms with van der Waals surface area (Å²) in [4.78, 5) is 2.25. The van der Waals surface area contributed by atoms with Gasteiger partial charge in [0.25, 0.3) is 0 Å². The Morgan fingerprint density at radius 2 is 1.85 bits per heavy atom. The Hall–Kier alpha value is -0.510. The highest BCUT2D eigenvalue weighted by Gasteiger charge is 2.18. The molecule has 0 amide bonds. The second-order valence-corrected chi connectivity index (χ2v) is 7.21. The first-order valence-corrected chi connectivity index (χ1v) is 8.65. The Labute approximate surface area is 129 Å². The predicted molar refractivity (Wildman–Crippen MR) is 92.7 cm³/mol. The Bertz CT molecular complexity index is 362. The highest BCUT2D eigenvalue weighted by atomic mass is 32.2. The molecule has 0 aromatic heterocycles. The Kier molecular flexibility index (Phi) is 8.27. The maximum atomic E-state index is 3.71. The predicted octanol–water partition coefficient (Wildman–Crippen LogP) is 3.72. The van der Waals surface area contributed by atoms with Gasteiger partial charge in [-0.25, -0.2) is 0 Å². The maximum absolute atomic E-state index is 3.71. The summed E-state index contributed by atoms with van der Waals surface area (Å²) in [6.07, 6.45) is 1.18. The van der Waals surface area contributed by atoms with Crippen LogP contribution in [0.15, 0.2) is 24.3 Å². The normalized spacial score (nSPS) is 14.5. The largest absolute Gasteiger partial charge is 0.309 e. The number of benzene rings is 1. The van der Waals surface area contributed by atoms with Crippen molar-refractivity contribution in [3.8, 4) is 0 Å². The minimum Gasteiger partial charge on any atom is -0.309 e. The van der Waals surface area contributed by atoms with Gasteiger partial charge in [0.2, 0.25) is 0 Å². The zero-order valence-corrected chi connectivity index (χ0v) is 14.5. The molecule has 1 rings (SSSR count). The average molecular weight is 295 g/mol. The summed E-state index contributed by atoms with van der Waals surface area (Å²) >= 11 is 2.06. The third-order valence-electron chi connectivity index (χ3n) is 3.44. The van der Waals surface area contributed by atoms with Gasteiger partial charge < -0.3 is 10.2 Å². The van der Waals surface area contributed by atoms with Gasteiger partial charge in [-0.1, -0.05) is 43.7 Å². The van der Waals surface area contributed by atoms with E-state index >= 15 is 0 Å². The number of aryl methyl sites for hydroxylation is 1. The summed E-state index contributed by atoms with van der Waals surface area (Å²) in [5.74, 6) is 1.18. The lowest BCUT2D eigenvalue weighted by molar-refractivity contribution is 0.436. The Morgan fingerprint density at radius 1 is 1.20 bits per heavy atom. The quantitative estimate of drug-likeness (QED) is 0.747. The van der Waals surface area contributed by atoms with E-state index in [0.717, 1.165) is 13.1 Å². The van der Waals surface area contributed by atoms with E-state index in [1.54, 1.807) is 0 Å². The highest BCUT2D eigenvalue weighted by Crippen LogP contribution is 2.26. The molecule has 0 fully saturated rings. The van der Waals surface area contributed by atoms with Crippen molar-refractivity contribution >= 4 is 11.8 Å². The Morgan fingerprint density at radius 3 is 2.40 bits per heavy atom. The fourth-order valence-electron chi connectivity index (χ4n) is 2.15. The monoisotopic (exact) mass is 294 g/mol. The van der Waals surface area contributed by atoms with Gasteiger partial charge >= 0.3 is 0 Å². The van der Waals surface area contributed by atoms with E-state index in [1.165, 1.54) is 23.3 Å². The molecule has 2 atom stereocenters. The molecule has 0 radical (unpaired) electrons. The fraction of sp³-hybridized carbons (Fsp3) is 0.647. The molecule has 0 aliphatic rings. The van der Waals surface area contributed by atoms with Crippen molar-refractivity contribution in [2.24, 2.45) is 0 Å². The lowest BCUT2D eigenvalue weighted by Gasteiger charge is -2.26. The summed E-state index contributed by atoms with van der Waals surface area (Å²) in [5, 5.41) is 4.30. The number of thioether (sulfide) groups is 1. The first kappa shape index (κ1) is 17.5. The lowest BCUT2D eigenvalue weighted by Crippen LogP contribution is -2.30. The van der Waals surface area contributed by atoms with Crippen LogP contribution in [0.5, 0.6) is 0 Å². The number of nitrogens with one attached hydrogen (secondary N) is 1. The molecule has 1 aromatic carbocycles. The highest BCUT2D eigenvalue weighted by molar-refractivity contribution is 7.99. The van der Waals surface area contributed by atoms with Crippen LogP contribution in [0, 0.1) is 6.92 Å². The number of nitrogens with zero attached hydrogens (tertiary/aromatic N) is 1. The summed E-state index contributed by atoms with van der Waals surface area (Å²) < 4.78 is 0. The van der Waals surface area contributed by atoms with Crippen LogP contribution >= 0.6 is 11.8 Å². The molecule has 2 unspecified atom stereocenters. The van der Waals surface area contributed by atoms with Crippen molar-refractivity contribution in [2.45, 2.75) is 38.5 Å². The standard InChI is InChI=1S/C17H30N2S/c1-6-11-18-17(15(3)20-13-12-19(4)5)16-9-7-14(2)8-10-16/h7-10,15,17-18H,6,11-13H2,1-5H3. The molecule has 20 heavy (non-hydrogen) atoms. The van der Waals surface area contributed by atoms with Gasteiger partial charge in [0.05, 0.1) is 0 Å². The van der Waals surface area contributed by atoms with E-state index in [4.69, 9.17) is 0 Å². The summed E-state index contributed by atoms with van der Waals surface area (Å²) in [6.45, 7) is 8.94. The molecule has 2 nitrogen and oxygen atoms in total. The first-order valence-electron chi connectivity index (χ1n) is 7.61. The zero-order valence-electron chi connectivity index (χ0n) is 13.6. The van der Waals surface area contributed by atoms with Gasteiger partial charge in [-0.05, 0) is 39.5 Å². The van der Waals surface area contributed by atoms with Crippen LogP contribution in [0.1, 0.15) is 37.4 Å². The topological polar surface area (TPSA) is 15.3 Å². The van der Waals surface area contributed by atoms with Crippen LogP contribution in [0.2, 0.25) is 0 Å². The molecule has 0 spiro atoms. The van der Waals surface area contributed by atoms with Crippen molar-refractivity contribution in [3.05, 3.63) is 35.4 Å². The minimum absolute atomic E-state index is 0.447. The zero-order chi connectivity index (χ0) is 15.0. The SMILES string of the molecule is CCCNC(c1ccc(C)cc1)C(C)SCCN(C)C. The maximum Gasteiger partial charge on any atom is 0.0437 e. The van der Waals surface area contributed by atoms with Crippen molar-refractivity contribution in [3.63, 3.8) is 0 Å². The summed E-state index contributed by atoms with van der Waals surface area (Å²) in [6, 6.07) is 9.42.